The van der Waals surface area contributed by atoms with Crippen LogP contribution < -0.4 is 10.1 Å². The van der Waals surface area contributed by atoms with Gasteiger partial charge < -0.3 is 10.1 Å². The first-order valence-electron chi connectivity index (χ1n) is 6.49. The summed E-state index contributed by atoms with van der Waals surface area (Å²) in [5.74, 6) is 0.954. The zero-order chi connectivity index (χ0) is 13.6. The Labute approximate surface area is 111 Å². The van der Waals surface area contributed by atoms with E-state index in [0.29, 0.717) is 6.04 Å². The van der Waals surface area contributed by atoms with Crippen molar-refractivity contribution in [2.45, 2.75) is 33.2 Å². The van der Waals surface area contributed by atoms with Crippen LogP contribution in [-0.2, 0) is 6.42 Å². The number of rotatable bonds is 7. The average Bonchev–Trinajstić information content (AvgIpc) is 2.37. The maximum atomic E-state index is 5.41. The van der Waals surface area contributed by atoms with Gasteiger partial charge in [0.15, 0.2) is 0 Å². The molecule has 2 nitrogen and oxygen atoms in total. The summed E-state index contributed by atoms with van der Waals surface area (Å²) in [6, 6.07) is 8.67. The molecule has 1 unspecified atom stereocenters. The zero-order valence-electron chi connectivity index (χ0n) is 12.0. The Morgan fingerprint density at radius 1 is 1.39 bits per heavy atom. The number of hydrogen-bond donors (Lipinski definition) is 1. The van der Waals surface area contributed by atoms with Crippen molar-refractivity contribution in [3.63, 3.8) is 0 Å². The van der Waals surface area contributed by atoms with E-state index in [0.717, 1.165) is 18.7 Å². The van der Waals surface area contributed by atoms with Crippen molar-refractivity contribution in [1.29, 1.82) is 0 Å². The molecule has 0 radical (unpaired) electrons. The monoisotopic (exact) mass is 247 g/mol. The van der Waals surface area contributed by atoms with Crippen LogP contribution in [0.1, 0.15) is 26.3 Å². The van der Waals surface area contributed by atoms with E-state index in [1.165, 1.54) is 5.56 Å². The van der Waals surface area contributed by atoms with Gasteiger partial charge in [0.1, 0.15) is 5.75 Å². The third-order valence-corrected chi connectivity index (χ3v) is 3.19. The topological polar surface area (TPSA) is 21.3 Å². The average molecular weight is 247 g/mol. The van der Waals surface area contributed by atoms with Gasteiger partial charge in [-0.15, -0.1) is 6.58 Å². The van der Waals surface area contributed by atoms with E-state index in [4.69, 9.17) is 4.74 Å². The Hall–Kier alpha value is -1.28. The van der Waals surface area contributed by atoms with Crippen LogP contribution >= 0.6 is 0 Å². The SMILES string of the molecule is C=CC(C)(CNC(C)C)Cc1ccccc1OC. The maximum absolute atomic E-state index is 5.41. The molecule has 0 aliphatic carbocycles. The minimum Gasteiger partial charge on any atom is -0.496 e. The van der Waals surface area contributed by atoms with E-state index in [-0.39, 0.29) is 5.41 Å². The number of para-hydroxylation sites is 1. The summed E-state index contributed by atoms with van der Waals surface area (Å²) < 4.78 is 5.41. The van der Waals surface area contributed by atoms with Crippen LogP contribution in [0.2, 0.25) is 0 Å². The summed E-state index contributed by atoms with van der Waals surface area (Å²) in [5, 5.41) is 3.48. The molecule has 0 spiro atoms. The van der Waals surface area contributed by atoms with Crippen LogP contribution in [0.5, 0.6) is 5.75 Å². The molecule has 0 aromatic heterocycles. The first kappa shape index (κ1) is 14.8. The fourth-order valence-corrected chi connectivity index (χ4v) is 1.93. The van der Waals surface area contributed by atoms with Crippen LogP contribution in [0, 0.1) is 5.41 Å². The van der Waals surface area contributed by atoms with Crippen LogP contribution in [0.15, 0.2) is 36.9 Å². The molecule has 1 atom stereocenters. The lowest BCUT2D eigenvalue weighted by molar-refractivity contribution is 0.359. The molecule has 0 aliphatic heterocycles. The Kier molecular flexibility index (Phi) is 5.42. The van der Waals surface area contributed by atoms with Gasteiger partial charge in [0.2, 0.25) is 0 Å². The van der Waals surface area contributed by atoms with Gasteiger partial charge in [-0.25, -0.2) is 0 Å². The molecule has 2 heteroatoms. The first-order chi connectivity index (χ1) is 8.50. The molecule has 100 valence electrons. The summed E-state index contributed by atoms with van der Waals surface area (Å²) in [4.78, 5) is 0. The molecule has 0 saturated carbocycles. The summed E-state index contributed by atoms with van der Waals surface area (Å²) in [6.45, 7) is 11.4. The van der Waals surface area contributed by atoms with Gasteiger partial charge in [-0.1, -0.05) is 45.0 Å². The molecule has 0 amide bonds. The van der Waals surface area contributed by atoms with E-state index in [1.807, 2.05) is 18.2 Å². The van der Waals surface area contributed by atoms with E-state index >= 15 is 0 Å². The van der Waals surface area contributed by atoms with Crippen molar-refractivity contribution in [2.24, 2.45) is 5.41 Å². The fourth-order valence-electron chi connectivity index (χ4n) is 1.93. The van der Waals surface area contributed by atoms with Crippen molar-refractivity contribution < 1.29 is 4.74 Å². The normalized spacial score (nSPS) is 14.3. The Morgan fingerprint density at radius 3 is 2.61 bits per heavy atom. The number of ether oxygens (including phenoxy) is 1. The van der Waals surface area contributed by atoms with Crippen molar-refractivity contribution in [2.75, 3.05) is 13.7 Å². The van der Waals surface area contributed by atoms with Crippen LogP contribution in [0.4, 0.5) is 0 Å². The Morgan fingerprint density at radius 2 is 2.06 bits per heavy atom. The Balaban J connectivity index is 2.81. The highest BCUT2D eigenvalue weighted by molar-refractivity contribution is 5.34. The first-order valence-corrected chi connectivity index (χ1v) is 6.49. The quantitative estimate of drug-likeness (QED) is 0.745. The smallest absolute Gasteiger partial charge is 0.122 e. The minimum absolute atomic E-state index is 0.0406. The van der Waals surface area contributed by atoms with E-state index in [2.05, 4.69) is 44.8 Å². The summed E-state index contributed by atoms with van der Waals surface area (Å²) >= 11 is 0. The summed E-state index contributed by atoms with van der Waals surface area (Å²) in [7, 11) is 1.72. The van der Waals surface area contributed by atoms with E-state index in [1.54, 1.807) is 7.11 Å². The van der Waals surface area contributed by atoms with Gasteiger partial charge in [-0.3, -0.25) is 0 Å². The second-order valence-electron chi connectivity index (χ2n) is 5.38. The molecule has 0 fully saturated rings. The largest absolute Gasteiger partial charge is 0.496 e. The molecule has 0 bridgehead atoms. The summed E-state index contributed by atoms with van der Waals surface area (Å²) in [6.07, 6.45) is 2.97. The van der Waals surface area contributed by atoms with E-state index < -0.39 is 0 Å². The van der Waals surface area contributed by atoms with E-state index in [9.17, 15) is 0 Å². The molecule has 18 heavy (non-hydrogen) atoms. The molecule has 1 aromatic rings. The molecule has 1 N–H and O–H groups in total. The minimum atomic E-state index is 0.0406. The highest BCUT2D eigenvalue weighted by atomic mass is 16.5. The number of nitrogens with one attached hydrogen (secondary N) is 1. The third kappa shape index (κ3) is 4.19. The predicted molar refractivity (Wildman–Crippen MR) is 78.1 cm³/mol. The highest BCUT2D eigenvalue weighted by Crippen LogP contribution is 2.28. The second-order valence-corrected chi connectivity index (χ2v) is 5.38. The van der Waals surface area contributed by atoms with Gasteiger partial charge in [0.05, 0.1) is 7.11 Å². The van der Waals surface area contributed by atoms with Crippen molar-refractivity contribution in [3.05, 3.63) is 42.5 Å². The number of benzene rings is 1. The van der Waals surface area contributed by atoms with Crippen molar-refractivity contribution >= 4 is 0 Å². The third-order valence-electron chi connectivity index (χ3n) is 3.19. The van der Waals surface area contributed by atoms with Gasteiger partial charge in [0, 0.05) is 18.0 Å². The molecule has 0 aliphatic rings. The lowest BCUT2D eigenvalue weighted by Crippen LogP contribution is -2.35. The van der Waals surface area contributed by atoms with Crippen LogP contribution in [-0.4, -0.2) is 19.7 Å². The highest BCUT2D eigenvalue weighted by Gasteiger charge is 2.22. The molecule has 0 saturated heterocycles. The lowest BCUT2D eigenvalue weighted by atomic mass is 9.83. The molecule has 0 heterocycles. The fraction of sp³-hybridized carbons (Fsp3) is 0.500. The van der Waals surface area contributed by atoms with Gasteiger partial charge in [0.25, 0.3) is 0 Å². The van der Waals surface area contributed by atoms with Gasteiger partial charge >= 0.3 is 0 Å². The molecular weight excluding hydrogens is 222 g/mol. The molecule has 1 rings (SSSR count). The van der Waals surface area contributed by atoms with Crippen LogP contribution in [0.25, 0.3) is 0 Å². The lowest BCUT2D eigenvalue weighted by Gasteiger charge is -2.28. The predicted octanol–water partition coefficient (Wildman–Crippen LogP) is 3.43. The van der Waals surface area contributed by atoms with Gasteiger partial charge in [-0.05, 0) is 18.1 Å². The number of hydrogen-bond acceptors (Lipinski definition) is 2. The maximum Gasteiger partial charge on any atom is 0.122 e. The van der Waals surface area contributed by atoms with Crippen LogP contribution in [0.3, 0.4) is 0 Å². The second kappa shape index (κ2) is 6.60. The van der Waals surface area contributed by atoms with Gasteiger partial charge in [-0.2, -0.15) is 0 Å². The molecular formula is C16H25NO. The standard InChI is InChI=1S/C16H25NO/c1-6-16(4,12-17-13(2)3)11-14-9-7-8-10-15(14)18-5/h6-10,13,17H,1,11-12H2,2-5H3. The van der Waals surface area contributed by atoms with Crippen molar-refractivity contribution in [1.82, 2.24) is 5.32 Å². The van der Waals surface area contributed by atoms with Crippen molar-refractivity contribution in [3.8, 4) is 5.75 Å². The molecule has 1 aromatic carbocycles. The Bertz CT molecular complexity index is 386. The zero-order valence-corrected chi connectivity index (χ0v) is 12.0. The summed E-state index contributed by atoms with van der Waals surface area (Å²) in [5.41, 5.74) is 1.27. The number of methoxy groups -OCH3 is 1.